The van der Waals surface area contributed by atoms with E-state index in [4.69, 9.17) is 5.73 Å². The van der Waals surface area contributed by atoms with E-state index in [9.17, 15) is 13.6 Å². The fourth-order valence-corrected chi connectivity index (χ4v) is 2.64. The van der Waals surface area contributed by atoms with Crippen molar-refractivity contribution in [3.8, 4) is 0 Å². The predicted molar refractivity (Wildman–Crippen MR) is 84.4 cm³/mol. The molecule has 2 N–H and O–H groups in total. The zero-order valence-corrected chi connectivity index (χ0v) is 14.0. The third kappa shape index (κ3) is 5.07. The molecule has 1 saturated carbocycles. The van der Waals surface area contributed by atoms with Crippen molar-refractivity contribution in [3.63, 3.8) is 0 Å². The van der Waals surface area contributed by atoms with Crippen molar-refractivity contribution in [3.05, 3.63) is 18.2 Å². The Morgan fingerprint density at radius 1 is 1.50 bits per heavy atom. The lowest BCUT2D eigenvalue weighted by molar-refractivity contribution is -0.131. The summed E-state index contributed by atoms with van der Waals surface area (Å²) >= 11 is 0. The van der Waals surface area contributed by atoms with Gasteiger partial charge in [-0.3, -0.25) is 9.36 Å². The zero-order valence-electron chi connectivity index (χ0n) is 12.3. The largest absolute Gasteiger partial charge is 0.338 e. The molecule has 0 spiro atoms. The maximum Gasteiger partial charge on any atom is 0.319 e. The molecule has 1 amide bonds. The SMILES string of the molecule is CN(Cc1nccn1C(F)F)C(=O)C[C@@H]1CCC[C@H]1N.Cl.Cl. The number of nitrogens with two attached hydrogens (primary N) is 1. The molecule has 128 valence electrons. The summed E-state index contributed by atoms with van der Waals surface area (Å²) in [5.74, 6) is 0.322. The molecule has 1 aliphatic carbocycles. The van der Waals surface area contributed by atoms with E-state index in [0.29, 0.717) is 6.42 Å². The first-order valence-electron chi connectivity index (χ1n) is 6.78. The average molecular weight is 359 g/mol. The van der Waals surface area contributed by atoms with Crippen molar-refractivity contribution < 1.29 is 13.6 Å². The molecule has 1 fully saturated rings. The highest BCUT2D eigenvalue weighted by Crippen LogP contribution is 2.27. The second-order valence-corrected chi connectivity index (χ2v) is 5.34. The van der Waals surface area contributed by atoms with Crippen LogP contribution in [0.4, 0.5) is 8.78 Å². The highest BCUT2D eigenvalue weighted by atomic mass is 35.5. The van der Waals surface area contributed by atoms with Gasteiger partial charge in [0, 0.05) is 31.9 Å². The Hall–Kier alpha value is -0.920. The molecule has 1 aliphatic rings. The van der Waals surface area contributed by atoms with Gasteiger partial charge in [0.25, 0.3) is 0 Å². The topological polar surface area (TPSA) is 64.2 Å². The normalized spacial score (nSPS) is 20.4. The van der Waals surface area contributed by atoms with E-state index in [1.807, 2.05) is 0 Å². The lowest BCUT2D eigenvalue weighted by Crippen LogP contribution is -2.33. The summed E-state index contributed by atoms with van der Waals surface area (Å²) < 4.78 is 26.2. The van der Waals surface area contributed by atoms with Crippen LogP contribution in [0.3, 0.4) is 0 Å². The summed E-state index contributed by atoms with van der Waals surface area (Å²) in [5, 5.41) is 0. The summed E-state index contributed by atoms with van der Waals surface area (Å²) in [4.78, 5) is 17.4. The summed E-state index contributed by atoms with van der Waals surface area (Å²) in [6.07, 6.45) is 5.88. The van der Waals surface area contributed by atoms with Gasteiger partial charge >= 0.3 is 6.55 Å². The van der Waals surface area contributed by atoms with Gasteiger partial charge in [-0.25, -0.2) is 4.98 Å². The van der Waals surface area contributed by atoms with Gasteiger partial charge in [-0.05, 0) is 18.8 Å². The Morgan fingerprint density at radius 2 is 2.18 bits per heavy atom. The van der Waals surface area contributed by atoms with Gasteiger partial charge in [0.2, 0.25) is 5.91 Å². The standard InChI is InChI=1S/C13H20F2N4O.2ClH/c1-18(8-11-17-5-6-19(11)13(14)15)12(20)7-9-3-2-4-10(9)16;;/h5-6,9-10,13H,2-4,7-8,16H2,1H3;2*1H/t9-,10+;;/m0../s1. The molecule has 0 unspecified atom stereocenters. The zero-order chi connectivity index (χ0) is 14.7. The number of halogens is 4. The Labute approximate surface area is 141 Å². The van der Waals surface area contributed by atoms with Crippen LogP contribution in [0.1, 0.15) is 38.1 Å². The van der Waals surface area contributed by atoms with Crippen LogP contribution in [-0.4, -0.2) is 33.4 Å². The first kappa shape index (κ1) is 21.1. The molecule has 2 atom stereocenters. The van der Waals surface area contributed by atoms with E-state index in [-0.39, 0.29) is 55.1 Å². The molecule has 1 aromatic heterocycles. The first-order chi connectivity index (χ1) is 9.49. The van der Waals surface area contributed by atoms with E-state index >= 15 is 0 Å². The minimum Gasteiger partial charge on any atom is -0.338 e. The Bertz CT molecular complexity index is 473. The number of nitrogens with zero attached hydrogens (tertiary/aromatic N) is 3. The summed E-state index contributed by atoms with van der Waals surface area (Å²) in [7, 11) is 1.60. The summed E-state index contributed by atoms with van der Waals surface area (Å²) in [5.41, 5.74) is 5.94. The third-order valence-electron chi connectivity index (χ3n) is 3.92. The maximum atomic E-state index is 12.7. The van der Waals surface area contributed by atoms with Crippen molar-refractivity contribution >= 4 is 30.7 Å². The maximum absolute atomic E-state index is 12.7. The van der Waals surface area contributed by atoms with Crippen LogP contribution in [0.2, 0.25) is 0 Å². The average Bonchev–Trinajstić information content (AvgIpc) is 2.99. The quantitative estimate of drug-likeness (QED) is 0.879. The Morgan fingerprint density at radius 3 is 2.73 bits per heavy atom. The highest BCUT2D eigenvalue weighted by molar-refractivity contribution is 5.85. The minimum absolute atomic E-state index is 0. The van der Waals surface area contributed by atoms with Gasteiger partial charge in [0.1, 0.15) is 5.82 Å². The third-order valence-corrected chi connectivity index (χ3v) is 3.92. The summed E-state index contributed by atoms with van der Waals surface area (Å²) in [6.45, 7) is -2.56. The number of amides is 1. The van der Waals surface area contributed by atoms with E-state index in [0.717, 1.165) is 23.8 Å². The Kier molecular flexibility index (Phi) is 8.88. The Balaban J connectivity index is 0.00000220. The number of hydrogen-bond donors (Lipinski definition) is 1. The van der Waals surface area contributed by atoms with Crippen molar-refractivity contribution in [1.82, 2.24) is 14.5 Å². The molecule has 0 radical (unpaired) electrons. The lowest BCUT2D eigenvalue weighted by Gasteiger charge is -2.21. The predicted octanol–water partition coefficient (Wildman–Crippen LogP) is 2.60. The van der Waals surface area contributed by atoms with Crippen LogP contribution < -0.4 is 5.73 Å². The molecule has 2 rings (SSSR count). The molecule has 22 heavy (non-hydrogen) atoms. The molecule has 1 heterocycles. The van der Waals surface area contributed by atoms with Gasteiger partial charge < -0.3 is 10.6 Å². The molecular weight excluding hydrogens is 337 g/mol. The fourth-order valence-electron chi connectivity index (χ4n) is 2.64. The fraction of sp³-hybridized carbons (Fsp3) is 0.692. The van der Waals surface area contributed by atoms with Crippen LogP contribution in [0.5, 0.6) is 0 Å². The van der Waals surface area contributed by atoms with Gasteiger partial charge in [-0.2, -0.15) is 8.78 Å². The number of imidazole rings is 1. The molecule has 0 aromatic carbocycles. The molecule has 0 bridgehead atoms. The number of carbonyl (C=O) groups is 1. The van der Waals surface area contributed by atoms with Gasteiger partial charge in [0.15, 0.2) is 0 Å². The van der Waals surface area contributed by atoms with E-state index < -0.39 is 6.55 Å². The summed E-state index contributed by atoms with van der Waals surface area (Å²) in [6, 6.07) is 0.0791. The van der Waals surface area contributed by atoms with E-state index in [2.05, 4.69) is 4.98 Å². The molecule has 1 aromatic rings. The lowest BCUT2D eigenvalue weighted by atomic mass is 9.99. The molecule has 0 aliphatic heterocycles. The van der Waals surface area contributed by atoms with Crippen LogP contribution in [-0.2, 0) is 11.3 Å². The van der Waals surface area contributed by atoms with E-state index in [1.165, 1.54) is 17.3 Å². The van der Waals surface area contributed by atoms with Gasteiger partial charge in [-0.1, -0.05) is 6.42 Å². The molecular formula is C13H22Cl2F2N4O. The first-order valence-corrected chi connectivity index (χ1v) is 6.78. The minimum atomic E-state index is -2.64. The van der Waals surface area contributed by atoms with Crippen LogP contribution in [0.15, 0.2) is 12.4 Å². The monoisotopic (exact) mass is 358 g/mol. The second kappa shape index (κ2) is 9.27. The van der Waals surface area contributed by atoms with Crippen LogP contribution in [0, 0.1) is 5.92 Å². The van der Waals surface area contributed by atoms with E-state index in [1.54, 1.807) is 7.05 Å². The van der Waals surface area contributed by atoms with Gasteiger partial charge in [0.05, 0.1) is 6.54 Å². The molecule has 9 heteroatoms. The van der Waals surface area contributed by atoms with Gasteiger partial charge in [-0.15, -0.1) is 24.8 Å². The number of hydrogen-bond acceptors (Lipinski definition) is 3. The number of carbonyl (C=O) groups excluding carboxylic acids is 1. The number of rotatable bonds is 5. The van der Waals surface area contributed by atoms with Crippen molar-refractivity contribution in [2.45, 2.75) is 44.8 Å². The van der Waals surface area contributed by atoms with Crippen molar-refractivity contribution in [2.24, 2.45) is 11.7 Å². The smallest absolute Gasteiger partial charge is 0.319 e. The van der Waals surface area contributed by atoms with Crippen molar-refractivity contribution in [1.29, 1.82) is 0 Å². The molecule has 5 nitrogen and oxygen atoms in total. The van der Waals surface area contributed by atoms with Crippen LogP contribution >= 0.6 is 24.8 Å². The highest BCUT2D eigenvalue weighted by Gasteiger charge is 2.27. The van der Waals surface area contributed by atoms with Crippen LogP contribution in [0.25, 0.3) is 0 Å². The number of aromatic nitrogens is 2. The van der Waals surface area contributed by atoms with Crippen molar-refractivity contribution in [2.75, 3.05) is 7.05 Å². The number of alkyl halides is 2. The second-order valence-electron chi connectivity index (χ2n) is 5.34. The molecule has 0 saturated heterocycles.